The largest absolute Gasteiger partial charge is 0.385 e. The van der Waals surface area contributed by atoms with Crippen LogP contribution in [-0.4, -0.2) is 39.3 Å². The number of nitrogens with one attached hydrogen (secondary N) is 2. The first kappa shape index (κ1) is 15.6. The zero-order chi connectivity index (χ0) is 13.9. The SMILES string of the molecule is COCCCNC(=O)CNCCc1ccc(F)cc1. The second-order valence-electron chi connectivity index (χ2n) is 4.25. The zero-order valence-electron chi connectivity index (χ0n) is 11.2. The number of hydrogen-bond donors (Lipinski definition) is 2. The van der Waals surface area contributed by atoms with Crippen molar-refractivity contribution in [2.75, 3.05) is 33.4 Å². The average Bonchev–Trinajstić information content (AvgIpc) is 2.42. The van der Waals surface area contributed by atoms with Crippen LogP contribution in [0.4, 0.5) is 4.39 Å². The van der Waals surface area contributed by atoms with Crippen LogP contribution in [0.1, 0.15) is 12.0 Å². The Balaban J connectivity index is 2.03. The summed E-state index contributed by atoms with van der Waals surface area (Å²) in [4.78, 5) is 11.4. The molecular formula is C14H21FN2O2. The van der Waals surface area contributed by atoms with Crippen LogP contribution in [0.2, 0.25) is 0 Å². The van der Waals surface area contributed by atoms with E-state index in [4.69, 9.17) is 4.74 Å². The van der Waals surface area contributed by atoms with E-state index in [2.05, 4.69) is 10.6 Å². The standard InChI is InChI=1S/C14H21FN2O2/c1-19-10-2-8-17-14(18)11-16-9-7-12-3-5-13(15)6-4-12/h3-6,16H,2,7-11H2,1H3,(H,17,18). The Labute approximate surface area is 113 Å². The van der Waals surface area contributed by atoms with E-state index in [1.54, 1.807) is 19.2 Å². The lowest BCUT2D eigenvalue weighted by Gasteiger charge is -2.06. The average molecular weight is 268 g/mol. The molecule has 0 fully saturated rings. The molecule has 0 heterocycles. The Bertz CT molecular complexity index is 368. The van der Waals surface area contributed by atoms with Crippen LogP contribution >= 0.6 is 0 Å². The van der Waals surface area contributed by atoms with Gasteiger partial charge in [0.15, 0.2) is 0 Å². The molecule has 0 unspecified atom stereocenters. The van der Waals surface area contributed by atoms with Crippen molar-refractivity contribution in [2.24, 2.45) is 0 Å². The summed E-state index contributed by atoms with van der Waals surface area (Å²) < 4.78 is 17.6. The topological polar surface area (TPSA) is 50.4 Å². The molecule has 0 aliphatic rings. The van der Waals surface area contributed by atoms with E-state index >= 15 is 0 Å². The van der Waals surface area contributed by atoms with Gasteiger partial charge in [0.25, 0.3) is 0 Å². The molecule has 106 valence electrons. The van der Waals surface area contributed by atoms with E-state index in [-0.39, 0.29) is 11.7 Å². The Morgan fingerprint density at radius 2 is 2.00 bits per heavy atom. The van der Waals surface area contributed by atoms with E-state index in [0.29, 0.717) is 26.2 Å². The monoisotopic (exact) mass is 268 g/mol. The fraction of sp³-hybridized carbons (Fsp3) is 0.500. The number of methoxy groups -OCH3 is 1. The Morgan fingerprint density at radius 3 is 2.68 bits per heavy atom. The molecule has 1 amide bonds. The summed E-state index contributed by atoms with van der Waals surface area (Å²) in [5.74, 6) is -0.248. The minimum absolute atomic E-state index is 0.0183. The lowest BCUT2D eigenvalue weighted by Crippen LogP contribution is -2.35. The molecule has 1 aromatic carbocycles. The minimum atomic E-state index is -0.229. The van der Waals surface area contributed by atoms with Crippen molar-refractivity contribution in [3.05, 3.63) is 35.6 Å². The lowest BCUT2D eigenvalue weighted by molar-refractivity contribution is -0.120. The number of carbonyl (C=O) groups is 1. The highest BCUT2D eigenvalue weighted by atomic mass is 19.1. The van der Waals surface area contributed by atoms with E-state index in [0.717, 1.165) is 18.4 Å². The first-order chi connectivity index (χ1) is 9.22. The minimum Gasteiger partial charge on any atom is -0.385 e. The summed E-state index contributed by atoms with van der Waals surface area (Å²) in [6.45, 7) is 2.27. The normalized spacial score (nSPS) is 10.4. The number of benzene rings is 1. The van der Waals surface area contributed by atoms with Gasteiger partial charge >= 0.3 is 0 Å². The van der Waals surface area contributed by atoms with Crippen molar-refractivity contribution >= 4 is 5.91 Å². The summed E-state index contributed by atoms with van der Waals surface area (Å²) in [5, 5.41) is 5.84. The molecule has 1 aromatic rings. The highest BCUT2D eigenvalue weighted by Gasteiger charge is 2.00. The summed E-state index contributed by atoms with van der Waals surface area (Å²) in [6.07, 6.45) is 1.59. The van der Waals surface area contributed by atoms with Crippen LogP contribution in [0.15, 0.2) is 24.3 Å². The molecule has 0 bridgehead atoms. The summed E-state index contributed by atoms with van der Waals surface area (Å²) in [5.41, 5.74) is 1.05. The molecule has 0 spiro atoms. The molecule has 0 radical (unpaired) electrons. The Kier molecular flexibility index (Phi) is 7.77. The molecule has 0 aliphatic carbocycles. The van der Waals surface area contributed by atoms with Gasteiger partial charge < -0.3 is 15.4 Å². The predicted molar refractivity (Wildman–Crippen MR) is 72.5 cm³/mol. The first-order valence-corrected chi connectivity index (χ1v) is 6.43. The molecule has 0 aliphatic heterocycles. The second-order valence-corrected chi connectivity index (χ2v) is 4.25. The maximum atomic E-state index is 12.7. The Hall–Kier alpha value is -1.46. The van der Waals surface area contributed by atoms with Crippen molar-refractivity contribution < 1.29 is 13.9 Å². The summed E-state index contributed by atoms with van der Waals surface area (Å²) in [7, 11) is 1.64. The van der Waals surface area contributed by atoms with Crippen molar-refractivity contribution in [3.63, 3.8) is 0 Å². The highest BCUT2D eigenvalue weighted by Crippen LogP contribution is 2.02. The van der Waals surface area contributed by atoms with Crippen LogP contribution in [0.25, 0.3) is 0 Å². The van der Waals surface area contributed by atoms with Gasteiger partial charge in [-0.25, -0.2) is 4.39 Å². The smallest absolute Gasteiger partial charge is 0.233 e. The summed E-state index contributed by atoms with van der Waals surface area (Å²) in [6, 6.07) is 6.39. The van der Waals surface area contributed by atoms with Crippen LogP contribution in [0.3, 0.4) is 0 Å². The molecule has 5 heteroatoms. The number of rotatable bonds is 9. The number of amides is 1. The lowest BCUT2D eigenvalue weighted by atomic mass is 10.1. The number of carbonyl (C=O) groups excluding carboxylic acids is 1. The van der Waals surface area contributed by atoms with Crippen LogP contribution in [0, 0.1) is 5.82 Å². The van der Waals surface area contributed by atoms with Gasteiger partial charge in [-0.1, -0.05) is 12.1 Å². The Morgan fingerprint density at radius 1 is 1.26 bits per heavy atom. The van der Waals surface area contributed by atoms with Crippen LogP contribution in [-0.2, 0) is 16.0 Å². The van der Waals surface area contributed by atoms with Gasteiger partial charge in [-0.3, -0.25) is 4.79 Å². The van der Waals surface area contributed by atoms with Gasteiger partial charge in [0.05, 0.1) is 6.54 Å². The van der Waals surface area contributed by atoms with Gasteiger partial charge in [0.2, 0.25) is 5.91 Å². The van der Waals surface area contributed by atoms with Crippen LogP contribution in [0.5, 0.6) is 0 Å². The number of halogens is 1. The van der Waals surface area contributed by atoms with Gasteiger partial charge in [-0.05, 0) is 37.1 Å². The number of hydrogen-bond acceptors (Lipinski definition) is 3. The van der Waals surface area contributed by atoms with Crippen molar-refractivity contribution in [2.45, 2.75) is 12.8 Å². The molecule has 19 heavy (non-hydrogen) atoms. The van der Waals surface area contributed by atoms with Gasteiger partial charge in [-0.15, -0.1) is 0 Å². The third-order valence-corrected chi connectivity index (χ3v) is 2.64. The van der Waals surface area contributed by atoms with Gasteiger partial charge in [0.1, 0.15) is 5.82 Å². The molecule has 0 atom stereocenters. The van der Waals surface area contributed by atoms with E-state index in [1.807, 2.05) is 0 Å². The van der Waals surface area contributed by atoms with Crippen molar-refractivity contribution in [3.8, 4) is 0 Å². The quantitative estimate of drug-likeness (QED) is 0.660. The third kappa shape index (κ3) is 7.54. The fourth-order valence-electron chi connectivity index (χ4n) is 1.59. The number of ether oxygens (including phenoxy) is 1. The maximum Gasteiger partial charge on any atom is 0.233 e. The first-order valence-electron chi connectivity index (χ1n) is 6.43. The molecule has 0 aromatic heterocycles. The molecular weight excluding hydrogens is 247 g/mol. The molecule has 2 N–H and O–H groups in total. The molecule has 1 rings (SSSR count). The van der Waals surface area contributed by atoms with Crippen molar-refractivity contribution in [1.29, 1.82) is 0 Å². The molecule has 4 nitrogen and oxygen atoms in total. The van der Waals surface area contributed by atoms with E-state index < -0.39 is 0 Å². The second kappa shape index (κ2) is 9.47. The summed E-state index contributed by atoms with van der Waals surface area (Å²) >= 11 is 0. The van der Waals surface area contributed by atoms with Crippen LogP contribution < -0.4 is 10.6 Å². The van der Waals surface area contributed by atoms with E-state index in [1.165, 1.54) is 12.1 Å². The fourth-order valence-corrected chi connectivity index (χ4v) is 1.59. The van der Waals surface area contributed by atoms with Gasteiger partial charge in [0, 0.05) is 20.3 Å². The zero-order valence-corrected chi connectivity index (χ0v) is 11.2. The molecule has 0 saturated heterocycles. The van der Waals surface area contributed by atoms with Gasteiger partial charge in [-0.2, -0.15) is 0 Å². The highest BCUT2D eigenvalue weighted by molar-refractivity contribution is 5.77. The molecule has 0 saturated carbocycles. The predicted octanol–water partition coefficient (Wildman–Crippen LogP) is 1.11. The third-order valence-electron chi connectivity index (χ3n) is 2.64. The maximum absolute atomic E-state index is 12.7. The van der Waals surface area contributed by atoms with E-state index in [9.17, 15) is 9.18 Å². The van der Waals surface area contributed by atoms with Crippen molar-refractivity contribution in [1.82, 2.24) is 10.6 Å².